The van der Waals surface area contributed by atoms with Gasteiger partial charge in [0, 0.05) is 0 Å². The van der Waals surface area contributed by atoms with Crippen LogP contribution < -0.4 is 0 Å². The molecule has 0 unspecified atom stereocenters. The first-order valence-corrected chi connectivity index (χ1v) is 6.08. The molecule has 0 spiro atoms. The van der Waals surface area contributed by atoms with Crippen molar-refractivity contribution in [3.05, 3.63) is 0 Å². The van der Waals surface area contributed by atoms with Crippen LogP contribution in [0.3, 0.4) is 0 Å². The zero-order valence-corrected chi connectivity index (χ0v) is 8.11. The number of alkyl halides is 2. The fourth-order valence-electron chi connectivity index (χ4n) is 0. The maximum Gasteiger partial charge on any atom is 0.117 e. The lowest BCUT2D eigenvalue weighted by Gasteiger charge is -1.95. The molecule has 0 fully saturated rings. The molecule has 0 radical (unpaired) electrons. The molecular formula is CHBr2Cl2P. The first-order chi connectivity index (χ1) is 2.64. The highest BCUT2D eigenvalue weighted by Gasteiger charge is 2.06. The summed E-state index contributed by atoms with van der Waals surface area (Å²) in [5.41, 5.74) is 0. The summed E-state index contributed by atoms with van der Waals surface area (Å²) in [6, 6.07) is 0. The fourth-order valence-corrected chi connectivity index (χ4v) is 0. The molecule has 0 atom stereocenters. The van der Waals surface area contributed by atoms with Gasteiger partial charge in [0.15, 0.2) is 0 Å². The van der Waals surface area contributed by atoms with Crippen molar-refractivity contribution in [2.75, 3.05) is 0 Å². The van der Waals surface area contributed by atoms with E-state index in [1.165, 1.54) is 0 Å². The van der Waals surface area contributed by atoms with Crippen LogP contribution in [-0.2, 0) is 0 Å². The molecule has 0 aromatic rings. The van der Waals surface area contributed by atoms with E-state index in [1.807, 2.05) is 0 Å². The van der Waals surface area contributed by atoms with Crippen LogP contribution in [0.25, 0.3) is 0 Å². The minimum atomic E-state index is -0.882. The Labute approximate surface area is 64.2 Å². The Hall–Kier alpha value is 1.97. The van der Waals surface area contributed by atoms with E-state index in [4.69, 9.17) is 22.5 Å². The zero-order chi connectivity index (χ0) is 5.15. The minimum Gasteiger partial charge on any atom is -0.0760 e. The monoisotopic (exact) mass is 272 g/mol. The molecule has 0 amide bonds. The van der Waals surface area contributed by atoms with Crippen LogP contribution in [0, 0.1) is 0 Å². The van der Waals surface area contributed by atoms with E-state index in [-0.39, 0.29) is 3.48 Å². The third kappa shape index (κ3) is 4.14. The molecule has 0 N–H and O–H groups in total. The van der Waals surface area contributed by atoms with Crippen LogP contribution in [0.4, 0.5) is 0 Å². The summed E-state index contributed by atoms with van der Waals surface area (Å²) in [5, 5.41) is 0. The van der Waals surface area contributed by atoms with Gasteiger partial charge < -0.3 is 0 Å². The minimum absolute atomic E-state index is 0.0725. The quantitative estimate of drug-likeness (QED) is 0.503. The van der Waals surface area contributed by atoms with E-state index in [0.717, 1.165) is 0 Å². The van der Waals surface area contributed by atoms with E-state index >= 15 is 0 Å². The van der Waals surface area contributed by atoms with Gasteiger partial charge in [-0.3, -0.25) is 0 Å². The van der Waals surface area contributed by atoms with Gasteiger partial charge >= 0.3 is 0 Å². The highest BCUT2D eigenvalue weighted by molar-refractivity contribution is 9.26. The molecule has 0 saturated heterocycles. The van der Waals surface area contributed by atoms with Crippen molar-refractivity contribution in [2.45, 2.75) is 3.48 Å². The van der Waals surface area contributed by atoms with Gasteiger partial charge in [-0.05, 0) is 0 Å². The maximum atomic E-state index is 5.35. The maximum absolute atomic E-state index is 5.35. The second kappa shape index (κ2) is 3.91. The predicted molar refractivity (Wildman–Crippen MR) is 40.3 cm³/mol. The molecule has 5 heteroatoms. The largest absolute Gasteiger partial charge is 0.117 e. The van der Waals surface area contributed by atoms with Gasteiger partial charge in [-0.2, -0.15) is 0 Å². The van der Waals surface area contributed by atoms with Crippen molar-refractivity contribution in [3.63, 3.8) is 0 Å². The van der Waals surface area contributed by atoms with Gasteiger partial charge in [0.25, 0.3) is 0 Å². The first-order valence-electron chi connectivity index (χ1n) is 1.03. The molecule has 0 aromatic heterocycles. The third-order valence-corrected chi connectivity index (χ3v) is 6.90. The van der Waals surface area contributed by atoms with Gasteiger partial charge in [-0.1, -0.05) is 54.3 Å². The molecule has 38 valence electrons. The second-order valence-electron chi connectivity index (χ2n) is 0.537. The van der Waals surface area contributed by atoms with Gasteiger partial charge in [-0.15, -0.1) is 0 Å². The average Bonchev–Trinajstić information content (AvgIpc) is 1.36. The van der Waals surface area contributed by atoms with Crippen molar-refractivity contribution < 1.29 is 0 Å². The Morgan fingerprint density at radius 1 is 1.33 bits per heavy atom. The number of rotatable bonds is 1. The average molecular weight is 275 g/mol. The molecular weight excluding hydrogens is 274 g/mol. The molecule has 0 aromatic carbocycles. The molecule has 0 bridgehead atoms. The van der Waals surface area contributed by atoms with E-state index in [2.05, 4.69) is 31.9 Å². The lowest BCUT2D eigenvalue weighted by molar-refractivity contribution is 2.19. The predicted octanol–water partition coefficient (Wildman–Crippen LogP) is 3.85. The van der Waals surface area contributed by atoms with Crippen molar-refractivity contribution in [3.8, 4) is 0 Å². The van der Waals surface area contributed by atoms with E-state index in [9.17, 15) is 0 Å². The lowest BCUT2D eigenvalue weighted by Crippen LogP contribution is -1.63. The van der Waals surface area contributed by atoms with Crippen LogP contribution in [0.15, 0.2) is 0 Å². The van der Waals surface area contributed by atoms with Crippen molar-refractivity contribution in [1.82, 2.24) is 0 Å². The van der Waals surface area contributed by atoms with Crippen LogP contribution >= 0.6 is 61.0 Å². The van der Waals surface area contributed by atoms with Crippen LogP contribution in [-0.4, -0.2) is 3.48 Å². The second-order valence-corrected chi connectivity index (χ2v) is 8.75. The first kappa shape index (κ1) is 7.97. The summed E-state index contributed by atoms with van der Waals surface area (Å²) in [5.74, 6) is 0. The molecule has 6 heavy (non-hydrogen) atoms. The molecule has 0 aliphatic carbocycles. The molecule has 0 rings (SSSR count). The Balaban J connectivity index is 2.99. The topological polar surface area (TPSA) is 0 Å². The molecule has 0 saturated carbocycles. The number of hydrogen-bond acceptors (Lipinski definition) is 0. The summed E-state index contributed by atoms with van der Waals surface area (Å²) in [6.45, 7) is -0.882. The fraction of sp³-hybridized carbons (Fsp3) is 1.00. The molecule has 0 aliphatic rings. The molecule has 0 nitrogen and oxygen atoms in total. The van der Waals surface area contributed by atoms with Crippen LogP contribution in [0.5, 0.6) is 0 Å². The van der Waals surface area contributed by atoms with Crippen molar-refractivity contribution >= 4 is 61.0 Å². The molecule has 0 heterocycles. The van der Waals surface area contributed by atoms with Gasteiger partial charge in [0.05, 0.1) is 0 Å². The van der Waals surface area contributed by atoms with Gasteiger partial charge in [0.1, 0.15) is 10.1 Å². The standard InChI is InChI=1S/CHBr2Cl2P/c2-1(3)6(4)5/h1H. The van der Waals surface area contributed by atoms with Gasteiger partial charge in [-0.25, -0.2) is 0 Å². The van der Waals surface area contributed by atoms with Crippen LogP contribution in [0.2, 0.25) is 0 Å². The Morgan fingerprint density at radius 2 is 1.50 bits per heavy atom. The normalized spacial score (nSPS) is 11.0. The van der Waals surface area contributed by atoms with Crippen molar-refractivity contribution in [2.24, 2.45) is 0 Å². The van der Waals surface area contributed by atoms with Crippen LogP contribution in [0.1, 0.15) is 0 Å². The summed E-state index contributed by atoms with van der Waals surface area (Å²) >= 11 is 16.9. The highest BCUT2D eigenvalue weighted by Crippen LogP contribution is 2.56. The smallest absolute Gasteiger partial charge is 0.0760 e. The Bertz CT molecular complexity index is 32.5. The molecule has 0 aliphatic heterocycles. The Kier molecular flexibility index (Phi) is 5.19. The summed E-state index contributed by atoms with van der Waals surface area (Å²) in [6.07, 6.45) is 0. The van der Waals surface area contributed by atoms with E-state index in [0.29, 0.717) is 0 Å². The Morgan fingerprint density at radius 3 is 1.50 bits per heavy atom. The van der Waals surface area contributed by atoms with E-state index < -0.39 is 6.63 Å². The van der Waals surface area contributed by atoms with Crippen molar-refractivity contribution in [1.29, 1.82) is 0 Å². The summed E-state index contributed by atoms with van der Waals surface area (Å²) in [7, 11) is 0. The number of halogens is 4. The summed E-state index contributed by atoms with van der Waals surface area (Å²) < 4.78 is 0.0725. The lowest BCUT2D eigenvalue weighted by atomic mass is 11.9. The number of hydrogen-bond donors (Lipinski definition) is 0. The summed E-state index contributed by atoms with van der Waals surface area (Å²) in [4.78, 5) is 0. The SMILES string of the molecule is ClP(Cl)C(Br)Br. The zero-order valence-electron chi connectivity index (χ0n) is 2.54. The highest BCUT2D eigenvalue weighted by atomic mass is 79.9. The van der Waals surface area contributed by atoms with Gasteiger partial charge in [0.2, 0.25) is 0 Å². The third-order valence-electron chi connectivity index (χ3n) is 0.148. The van der Waals surface area contributed by atoms with E-state index in [1.54, 1.807) is 0 Å².